The van der Waals surface area contributed by atoms with Gasteiger partial charge in [0.05, 0.1) is 16.3 Å². The molecule has 0 spiro atoms. The van der Waals surface area contributed by atoms with E-state index in [0.29, 0.717) is 60.0 Å². The van der Waals surface area contributed by atoms with Crippen LogP contribution in [-0.2, 0) is 10.0 Å². The fraction of sp³-hybridized carbons (Fsp3) is 0.682. The fourth-order valence-electron chi connectivity index (χ4n) is 4.96. The summed E-state index contributed by atoms with van der Waals surface area (Å²) in [6.07, 6.45) is 7.55. The monoisotopic (exact) mass is 487 g/mol. The molecule has 1 aliphatic heterocycles. The molecule has 0 radical (unpaired) electrons. The van der Waals surface area contributed by atoms with Gasteiger partial charge in [-0.2, -0.15) is 4.31 Å². The highest BCUT2D eigenvalue weighted by atomic mass is 35.5. The minimum absolute atomic E-state index is 0.126. The van der Waals surface area contributed by atoms with Crippen LogP contribution in [0.15, 0.2) is 18.2 Å². The van der Waals surface area contributed by atoms with Crippen molar-refractivity contribution in [2.24, 2.45) is 5.92 Å². The Balaban J connectivity index is 1.40. The number of rotatable bonds is 7. The summed E-state index contributed by atoms with van der Waals surface area (Å²) in [7, 11) is -3.15. The molecule has 2 aliphatic carbocycles. The molecule has 3 fully saturated rings. The zero-order chi connectivity index (χ0) is 22.1. The third-order valence-electron chi connectivity index (χ3n) is 6.98. The van der Waals surface area contributed by atoms with Crippen molar-refractivity contribution < 1.29 is 13.2 Å². The minimum atomic E-state index is -3.15. The van der Waals surface area contributed by atoms with Gasteiger partial charge in [0.1, 0.15) is 0 Å². The number of nitrogens with zero attached hydrogens (tertiary/aromatic N) is 2. The third-order valence-corrected chi connectivity index (χ3v) is 9.58. The Kier molecular flexibility index (Phi) is 7.18. The van der Waals surface area contributed by atoms with Gasteiger partial charge in [-0.05, 0) is 49.8 Å². The van der Waals surface area contributed by atoms with Gasteiger partial charge >= 0.3 is 0 Å². The van der Waals surface area contributed by atoms with Crippen LogP contribution in [0, 0.1) is 5.92 Å². The van der Waals surface area contributed by atoms with E-state index in [0.717, 1.165) is 38.5 Å². The molecule has 6 nitrogen and oxygen atoms in total. The standard InChI is InChI=1S/C22H31Cl2N3O3S/c23-18-6-7-19(20(24)14-18)21(28)25-16-22(8-2-1-3-9-22)26-10-12-27(13-11-26)31(29,30)15-17-4-5-17/h6-7,14,17H,1-5,8-13,15-16H2,(H,25,28). The van der Waals surface area contributed by atoms with Crippen molar-refractivity contribution in [1.82, 2.24) is 14.5 Å². The van der Waals surface area contributed by atoms with Crippen LogP contribution in [0.2, 0.25) is 10.0 Å². The number of carbonyl (C=O) groups excluding carboxylic acids is 1. The first-order valence-electron chi connectivity index (χ1n) is 11.3. The number of hydrogen-bond donors (Lipinski definition) is 1. The quantitative estimate of drug-likeness (QED) is 0.634. The van der Waals surface area contributed by atoms with E-state index in [9.17, 15) is 13.2 Å². The second kappa shape index (κ2) is 9.56. The SMILES string of the molecule is O=C(NCC1(N2CCN(S(=O)(=O)CC3CC3)CC2)CCCCC1)c1ccc(Cl)cc1Cl. The summed E-state index contributed by atoms with van der Waals surface area (Å²) in [6, 6.07) is 4.90. The molecule has 1 aromatic carbocycles. The predicted molar refractivity (Wildman–Crippen MR) is 124 cm³/mol. The van der Waals surface area contributed by atoms with Gasteiger partial charge < -0.3 is 5.32 Å². The number of piperazine rings is 1. The van der Waals surface area contributed by atoms with Gasteiger partial charge in [0.25, 0.3) is 5.91 Å². The summed E-state index contributed by atoms with van der Waals surface area (Å²) < 4.78 is 27.0. The Morgan fingerprint density at radius 1 is 1.06 bits per heavy atom. The molecule has 31 heavy (non-hydrogen) atoms. The molecule has 0 atom stereocenters. The normalized spacial score (nSPS) is 22.9. The number of nitrogens with one attached hydrogen (secondary N) is 1. The van der Waals surface area contributed by atoms with E-state index in [1.807, 2.05) is 0 Å². The van der Waals surface area contributed by atoms with Crippen molar-refractivity contribution in [1.29, 1.82) is 0 Å². The number of carbonyl (C=O) groups is 1. The van der Waals surface area contributed by atoms with Gasteiger partial charge in [0, 0.05) is 43.3 Å². The van der Waals surface area contributed by atoms with E-state index in [-0.39, 0.29) is 11.4 Å². The van der Waals surface area contributed by atoms with Crippen molar-refractivity contribution in [3.05, 3.63) is 33.8 Å². The molecule has 9 heteroatoms. The molecule has 1 heterocycles. The molecule has 0 unspecified atom stereocenters. The third kappa shape index (κ3) is 5.56. The molecular weight excluding hydrogens is 457 g/mol. The summed E-state index contributed by atoms with van der Waals surface area (Å²) in [5, 5.41) is 3.95. The van der Waals surface area contributed by atoms with Crippen molar-refractivity contribution in [3.63, 3.8) is 0 Å². The van der Waals surface area contributed by atoms with Gasteiger partial charge in [-0.25, -0.2) is 8.42 Å². The Hall–Kier alpha value is -0.860. The average Bonchev–Trinajstić information content (AvgIpc) is 3.56. The molecule has 1 aromatic rings. The van der Waals surface area contributed by atoms with Crippen LogP contribution in [-0.4, -0.2) is 67.5 Å². The zero-order valence-electron chi connectivity index (χ0n) is 17.8. The Bertz CT molecular complexity index is 907. The van der Waals surface area contributed by atoms with Gasteiger partial charge in [-0.15, -0.1) is 0 Å². The molecule has 4 rings (SSSR count). The van der Waals surface area contributed by atoms with E-state index in [2.05, 4.69) is 10.2 Å². The van der Waals surface area contributed by atoms with Gasteiger partial charge in [-0.3, -0.25) is 9.69 Å². The lowest BCUT2D eigenvalue weighted by Crippen LogP contribution is -2.62. The van der Waals surface area contributed by atoms with Gasteiger partial charge in [0.2, 0.25) is 10.0 Å². The van der Waals surface area contributed by atoms with Crippen LogP contribution in [0.4, 0.5) is 0 Å². The lowest BCUT2D eigenvalue weighted by atomic mass is 9.79. The van der Waals surface area contributed by atoms with E-state index >= 15 is 0 Å². The number of amides is 1. The average molecular weight is 488 g/mol. The Morgan fingerprint density at radius 3 is 2.35 bits per heavy atom. The second-order valence-corrected chi connectivity index (χ2v) is 12.1. The summed E-state index contributed by atoms with van der Waals surface area (Å²) >= 11 is 12.2. The van der Waals surface area contributed by atoms with Crippen LogP contribution in [0.3, 0.4) is 0 Å². The molecule has 3 aliphatic rings. The van der Waals surface area contributed by atoms with E-state index in [1.165, 1.54) is 6.42 Å². The fourth-order valence-corrected chi connectivity index (χ4v) is 7.31. The molecule has 1 amide bonds. The van der Waals surface area contributed by atoms with Crippen LogP contribution in [0.1, 0.15) is 55.3 Å². The Labute approximate surface area is 195 Å². The molecule has 1 N–H and O–H groups in total. The molecule has 0 bridgehead atoms. The Morgan fingerprint density at radius 2 is 1.74 bits per heavy atom. The molecule has 1 saturated heterocycles. The summed E-state index contributed by atoms with van der Waals surface area (Å²) in [5.41, 5.74) is 0.298. The van der Waals surface area contributed by atoms with Crippen molar-refractivity contribution in [3.8, 4) is 0 Å². The first-order chi connectivity index (χ1) is 14.8. The second-order valence-electron chi connectivity index (χ2n) is 9.20. The smallest absolute Gasteiger partial charge is 0.252 e. The zero-order valence-corrected chi connectivity index (χ0v) is 20.1. The van der Waals surface area contributed by atoms with E-state index in [1.54, 1.807) is 22.5 Å². The van der Waals surface area contributed by atoms with E-state index < -0.39 is 10.0 Å². The van der Waals surface area contributed by atoms with Crippen LogP contribution < -0.4 is 5.32 Å². The van der Waals surface area contributed by atoms with Crippen LogP contribution in [0.25, 0.3) is 0 Å². The van der Waals surface area contributed by atoms with Gasteiger partial charge in [-0.1, -0.05) is 42.5 Å². The maximum atomic E-state index is 12.8. The lowest BCUT2D eigenvalue weighted by Gasteiger charge is -2.49. The predicted octanol–water partition coefficient (Wildman–Crippen LogP) is 3.78. The number of halogens is 2. The van der Waals surface area contributed by atoms with Crippen molar-refractivity contribution in [2.45, 2.75) is 50.5 Å². The number of benzene rings is 1. The molecular formula is C22H31Cl2N3O3S. The highest BCUT2D eigenvalue weighted by Crippen LogP contribution is 2.35. The first-order valence-corrected chi connectivity index (χ1v) is 13.6. The maximum absolute atomic E-state index is 12.8. The van der Waals surface area contributed by atoms with Crippen LogP contribution >= 0.6 is 23.2 Å². The van der Waals surface area contributed by atoms with Gasteiger partial charge in [0.15, 0.2) is 0 Å². The summed E-state index contributed by atoms with van der Waals surface area (Å²) in [6.45, 7) is 3.03. The van der Waals surface area contributed by atoms with Crippen molar-refractivity contribution >= 4 is 39.1 Å². The lowest BCUT2D eigenvalue weighted by molar-refractivity contribution is 0.0240. The minimum Gasteiger partial charge on any atom is -0.350 e. The topological polar surface area (TPSA) is 69.7 Å². The highest BCUT2D eigenvalue weighted by Gasteiger charge is 2.41. The number of sulfonamides is 1. The van der Waals surface area contributed by atoms with E-state index in [4.69, 9.17) is 23.2 Å². The van der Waals surface area contributed by atoms with Crippen molar-refractivity contribution in [2.75, 3.05) is 38.5 Å². The number of hydrogen-bond acceptors (Lipinski definition) is 4. The molecule has 172 valence electrons. The molecule has 0 aromatic heterocycles. The maximum Gasteiger partial charge on any atom is 0.252 e. The largest absolute Gasteiger partial charge is 0.350 e. The molecule has 2 saturated carbocycles. The first kappa shape index (κ1) is 23.3. The summed E-state index contributed by atoms with van der Waals surface area (Å²) in [4.78, 5) is 15.2. The highest BCUT2D eigenvalue weighted by molar-refractivity contribution is 7.89. The van der Waals surface area contributed by atoms with Crippen LogP contribution in [0.5, 0.6) is 0 Å². The summed E-state index contributed by atoms with van der Waals surface area (Å²) in [5.74, 6) is 0.468.